The quantitative estimate of drug-likeness (QED) is 0.391. The summed E-state index contributed by atoms with van der Waals surface area (Å²) in [5.74, 6) is 2.65. The molecular formula is C28H33N5O. The number of nitrogens with one attached hydrogen (secondary N) is 2. The largest absolute Gasteiger partial charge is 0.496 e. The fourth-order valence-electron chi connectivity index (χ4n) is 5.01. The fraction of sp³-hybridized carbons (Fsp3) is 0.357. The maximum atomic E-state index is 5.77. The summed E-state index contributed by atoms with van der Waals surface area (Å²) in [4.78, 5) is 11.6. The molecule has 6 heteroatoms. The van der Waals surface area contributed by atoms with Crippen LogP contribution < -0.4 is 20.3 Å². The van der Waals surface area contributed by atoms with E-state index in [9.17, 15) is 0 Å². The van der Waals surface area contributed by atoms with Gasteiger partial charge in [-0.15, -0.1) is 0 Å². The zero-order valence-electron chi connectivity index (χ0n) is 20.2. The van der Waals surface area contributed by atoms with Crippen LogP contribution in [0.2, 0.25) is 0 Å². The SMILES string of the molecule is COc1c(CN[C@H]2CC[C@@H](Nc3nc(N(C)C)c4ccccc4n3)CC2)ccc2ccccc12. The van der Waals surface area contributed by atoms with Crippen molar-refractivity contribution in [3.63, 3.8) is 0 Å². The van der Waals surface area contributed by atoms with E-state index in [1.807, 2.05) is 26.2 Å². The lowest BCUT2D eigenvalue weighted by molar-refractivity contribution is 0.348. The number of methoxy groups -OCH3 is 1. The number of ether oxygens (including phenoxy) is 1. The molecule has 0 saturated heterocycles. The van der Waals surface area contributed by atoms with Crippen molar-refractivity contribution < 1.29 is 4.74 Å². The first kappa shape index (κ1) is 22.4. The second-order valence-corrected chi connectivity index (χ2v) is 9.34. The predicted molar refractivity (Wildman–Crippen MR) is 141 cm³/mol. The number of hydrogen-bond donors (Lipinski definition) is 2. The average molecular weight is 456 g/mol. The van der Waals surface area contributed by atoms with Gasteiger partial charge in [0, 0.05) is 49.1 Å². The van der Waals surface area contributed by atoms with Crippen molar-refractivity contribution in [1.29, 1.82) is 0 Å². The molecule has 0 spiro atoms. The van der Waals surface area contributed by atoms with Crippen LogP contribution >= 0.6 is 0 Å². The number of hydrogen-bond acceptors (Lipinski definition) is 6. The van der Waals surface area contributed by atoms with Crippen LogP contribution in [0, 0.1) is 0 Å². The Morgan fingerprint density at radius 1 is 0.853 bits per heavy atom. The van der Waals surface area contributed by atoms with Gasteiger partial charge in [-0.25, -0.2) is 4.98 Å². The number of rotatable bonds is 7. The van der Waals surface area contributed by atoms with Gasteiger partial charge in [0.05, 0.1) is 12.6 Å². The molecule has 1 aliphatic rings. The standard InChI is InChI=1S/C28H33N5O/c1-33(2)27-24-10-6-7-11-25(24)31-28(32-27)30-22-16-14-21(15-17-22)29-18-20-13-12-19-8-4-5-9-23(19)26(20)34-3/h4-13,21-22,29H,14-18H2,1-3H3,(H,30,31,32)/t21-,22+. The summed E-state index contributed by atoms with van der Waals surface area (Å²) in [5.41, 5.74) is 2.19. The molecule has 0 aliphatic heterocycles. The van der Waals surface area contributed by atoms with Gasteiger partial charge in [0.1, 0.15) is 11.6 Å². The van der Waals surface area contributed by atoms with Crippen molar-refractivity contribution in [2.75, 3.05) is 31.4 Å². The van der Waals surface area contributed by atoms with Crippen molar-refractivity contribution in [1.82, 2.24) is 15.3 Å². The molecule has 1 saturated carbocycles. The third-order valence-electron chi connectivity index (χ3n) is 6.81. The van der Waals surface area contributed by atoms with E-state index in [1.54, 1.807) is 7.11 Å². The highest BCUT2D eigenvalue weighted by molar-refractivity contribution is 5.90. The molecule has 1 aromatic heterocycles. The van der Waals surface area contributed by atoms with Gasteiger partial charge in [0.15, 0.2) is 0 Å². The average Bonchev–Trinajstić information content (AvgIpc) is 2.87. The Balaban J connectivity index is 1.20. The first-order chi connectivity index (χ1) is 16.6. The highest BCUT2D eigenvalue weighted by Crippen LogP contribution is 2.30. The van der Waals surface area contributed by atoms with E-state index in [1.165, 1.54) is 16.3 Å². The summed E-state index contributed by atoms with van der Waals surface area (Å²) in [6, 6.07) is 21.8. The first-order valence-electron chi connectivity index (χ1n) is 12.1. The molecule has 2 N–H and O–H groups in total. The van der Waals surface area contributed by atoms with Crippen molar-refractivity contribution in [2.24, 2.45) is 0 Å². The molecule has 4 aromatic rings. The Morgan fingerprint density at radius 3 is 2.32 bits per heavy atom. The molecule has 1 fully saturated rings. The molecule has 6 nitrogen and oxygen atoms in total. The van der Waals surface area contributed by atoms with Crippen LogP contribution in [0.5, 0.6) is 5.75 Å². The molecule has 1 aliphatic carbocycles. The molecule has 1 heterocycles. The minimum Gasteiger partial charge on any atom is -0.496 e. The van der Waals surface area contributed by atoms with E-state index in [4.69, 9.17) is 14.7 Å². The maximum absolute atomic E-state index is 5.77. The monoisotopic (exact) mass is 455 g/mol. The molecule has 0 unspecified atom stereocenters. The van der Waals surface area contributed by atoms with Crippen LogP contribution in [-0.4, -0.2) is 43.3 Å². The van der Waals surface area contributed by atoms with Gasteiger partial charge in [-0.2, -0.15) is 4.98 Å². The Hall–Kier alpha value is -3.38. The van der Waals surface area contributed by atoms with Gasteiger partial charge in [0.2, 0.25) is 5.95 Å². The number of fused-ring (bicyclic) bond motifs is 2. The zero-order chi connectivity index (χ0) is 23.5. The van der Waals surface area contributed by atoms with Crippen molar-refractivity contribution in [2.45, 2.75) is 44.3 Å². The number of nitrogens with zero attached hydrogens (tertiary/aromatic N) is 3. The molecule has 176 valence electrons. The Labute approximate surface area is 201 Å². The highest BCUT2D eigenvalue weighted by atomic mass is 16.5. The molecule has 0 atom stereocenters. The van der Waals surface area contributed by atoms with Gasteiger partial charge in [-0.05, 0) is 43.2 Å². The van der Waals surface area contributed by atoms with Crippen LogP contribution in [0.4, 0.5) is 11.8 Å². The summed E-state index contributed by atoms with van der Waals surface area (Å²) < 4.78 is 5.77. The van der Waals surface area contributed by atoms with E-state index in [0.717, 1.165) is 60.6 Å². The summed E-state index contributed by atoms with van der Waals surface area (Å²) >= 11 is 0. The highest BCUT2D eigenvalue weighted by Gasteiger charge is 2.22. The van der Waals surface area contributed by atoms with Crippen LogP contribution in [0.3, 0.4) is 0 Å². The Bertz CT molecular complexity index is 1280. The second kappa shape index (κ2) is 9.85. The predicted octanol–water partition coefficient (Wildman–Crippen LogP) is 5.37. The van der Waals surface area contributed by atoms with Crippen molar-refractivity contribution >= 4 is 33.4 Å². The molecule has 5 rings (SSSR count). The third kappa shape index (κ3) is 4.64. The normalized spacial score (nSPS) is 18.2. The summed E-state index contributed by atoms with van der Waals surface area (Å²) in [6.07, 6.45) is 4.45. The first-order valence-corrected chi connectivity index (χ1v) is 12.1. The minimum atomic E-state index is 0.393. The van der Waals surface area contributed by atoms with Crippen LogP contribution in [-0.2, 0) is 6.54 Å². The Morgan fingerprint density at radius 2 is 1.56 bits per heavy atom. The summed E-state index contributed by atoms with van der Waals surface area (Å²) in [7, 11) is 5.82. The van der Waals surface area contributed by atoms with E-state index in [0.29, 0.717) is 12.1 Å². The second-order valence-electron chi connectivity index (χ2n) is 9.34. The maximum Gasteiger partial charge on any atom is 0.225 e. The van der Waals surface area contributed by atoms with Gasteiger partial charge in [-0.1, -0.05) is 48.5 Å². The lowest BCUT2D eigenvalue weighted by atomic mass is 9.91. The zero-order valence-corrected chi connectivity index (χ0v) is 20.2. The lowest BCUT2D eigenvalue weighted by Crippen LogP contribution is -2.37. The van der Waals surface area contributed by atoms with Crippen LogP contribution in [0.1, 0.15) is 31.2 Å². The smallest absolute Gasteiger partial charge is 0.225 e. The lowest BCUT2D eigenvalue weighted by Gasteiger charge is -2.30. The molecule has 0 amide bonds. The van der Waals surface area contributed by atoms with Crippen molar-refractivity contribution in [3.05, 3.63) is 66.2 Å². The molecule has 3 aromatic carbocycles. The van der Waals surface area contributed by atoms with E-state index < -0.39 is 0 Å². The van der Waals surface area contributed by atoms with Crippen molar-refractivity contribution in [3.8, 4) is 5.75 Å². The fourth-order valence-corrected chi connectivity index (χ4v) is 5.01. The third-order valence-corrected chi connectivity index (χ3v) is 6.81. The van der Waals surface area contributed by atoms with Crippen LogP contribution in [0.15, 0.2) is 60.7 Å². The van der Waals surface area contributed by atoms with Gasteiger partial charge < -0.3 is 20.3 Å². The summed E-state index contributed by atoms with van der Waals surface area (Å²) in [6.45, 7) is 0.816. The van der Waals surface area contributed by atoms with E-state index >= 15 is 0 Å². The molecule has 34 heavy (non-hydrogen) atoms. The molecule has 0 radical (unpaired) electrons. The summed E-state index contributed by atoms with van der Waals surface area (Å²) in [5, 5.41) is 10.8. The molecule has 0 bridgehead atoms. The van der Waals surface area contributed by atoms with Gasteiger partial charge in [-0.3, -0.25) is 0 Å². The number of para-hydroxylation sites is 1. The van der Waals surface area contributed by atoms with E-state index in [2.05, 4.69) is 64.1 Å². The van der Waals surface area contributed by atoms with Crippen LogP contribution in [0.25, 0.3) is 21.7 Å². The van der Waals surface area contributed by atoms with Gasteiger partial charge >= 0.3 is 0 Å². The number of benzene rings is 3. The van der Waals surface area contributed by atoms with Gasteiger partial charge in [0.25, 0.3) is 0 Å². The minimum absolute atomic E-state index is 0.393. The Kier molecular flexibility index (Phi) is 6.50. The molecular weight excluding hydrogens is 422 g/mol. The number of anilines is 2. The topological polar surface area (TPSA) is 62.3 Å². The number of aromatic nitrogens is 2. The van der Waals surface area contributed by atoms with E-state index in [-0.39, 0.29) is 0 Å².